The molecule has 5 aromatic carbocycles. The number of carbonyl (C=O) groups excluding carboxylic acids is 6. The van der Waals surface area contributed by atoms with Crippen molar-refractivity contribution in [2.45, 2.75) is 76.7 Å². The fourth-order valence-corrected chi connectivity index (χ4v) is 7.60. The third-order valence-corrected chi connectivity index (χ3v) is 11.8. The minimum absolute atomic E-state index is 0.00110. The third-order valence-electron chi connectivity index (χ3n) is 10.3. The lowest BCUT2D eigenvalue weighted by Gasteiger charge is -2.17. The van der Waals surface area contributed by atoms with Gasteiger partial charge in [-0.25, -0.2) is 0 Å². The molecule has 0 spiro atoms. The number of nitrogens with zero attached hydrogens (tertiary/aromatic N) is 4. The second-order valence-electron chi connectivity index (χ2n) is 15.6. The first kappa shape index (κ1) is 55.5. The van der Waals surface area contributed by atoms with Crippen LogP contribution in [0.5, 0.6) is 11.5 Å². The van der Waals surface area contributed by atoms with Crippen LogP contribution in [-0.2, 0) is 19.2 Å². The standard InChI is InChI=1S/C50H49Cl5N8O8/c1-8-70-41-20-16-30(25(3)51)22-39(41)58-47(66)33-12-10-14-37(43(33)54)60-62-45(28(6)64)49(68)56-32-18-19-36(35(24-32)27(5)53)57-50(69)46(29(7)65)63-61-38-15-11-13-34(44(38)55)48(67)59-40-23-31(26(4)52)17-21-42(40)71-9-2/h10-27,45-46H,8-9H2,1-7H3,(H,56,68)(H,57,69)(H,58,66)(H,59,67). The highest BCUT2D eigenvalue weighted by Crippen LogP contribution is 2.36. The fourth-order valence-electron chi connectivity index (χ4n) is 6.64. The minimum atomic E-state index is -1.66. The number of alkyl halides is 3. The first-order valence-electron chi connectivity index (χ1n) is 22.0. The molecule has 0 bridgehead atoms. The molecule has 0 aliphatic carbocycles. The Hall–Kier alpha value is -6.43. The van der Waals surface area contributed by atoms with Crippen LogP contribution in [0.4, 0.5) is 34.1 Å². The summed E-state index contributed by atoms with van der Waals surface area (Å²) >= 11 is 32.3. The highest BCUT2D eigenvalue weighted by molar-refractivity contribution is 6.37. The summed E-state index contributed by atoms with van der Waals surface area (Å²) in [5.41, 5.74) is 2.95. The first-order valence-corrected chi connectivity index (χ1v) is 24.0. The predicted octanol–water partition coefficient (Wildman–Crippen LogP) is 13.6. The molecule has 4 amide bonds. The normalized spacial score (nSPS) is 13.4. The molecule has 0 radical (unpaired) electrons. The lowest BCUT2D eigenvalue weighted by atomic mass is 10.1. The van der Waals surface area contributed by atoms with E-state index in [4.69, 9.17) is 67.5 Å². The van der Waals surface area contributed by atoms with E-state index in [2.05, 4.69) is 41.7 Å². The van der Waals surface area contributed by atoms with Crippen LogP contribution in [0.2, 0.25) is 10.0 Å². The molecule has 0 fully saturated rings. The summed E-state index contributed by atoms with van der Waals surface area (Å²) in [6, 6.07) is 20.2. The summed E-state index contributed by atoms with van der Waals surface area (Å²) in [5, 5.41) is 25.4. The van der Waals surface area contributed by atoms with Crippen LogP contribution >= 0.6 is 58.0 Å². The van der Waals surface area contributed by atoms with Crippen molar-refractivity contribution in [1.29, 1.82) is 0 Å². The molecule has 4 N–H and O–H groups in total. The maximum absolute atomic E-state index is 13.6. The van der Waals surface area contributed by atoms with Gasteiger partial charge in [0.25, 0.3) is 23.6 Å². The second-order valence-corrected chi connectivity index (χ2v) is 18.4. The van der Waals surface area contributed by atoms with E-state index in [1.165, 1.54) is 54.6 Å². The number of carbonyl (C=O) groups is 6. The lowest BCUT2D eigenvalue weighted by molar-refractivity contribution is -0.127. The highest BCUT2D eigenvalue weighted by Gasteiger charge is 2.27. The van der Waals surface area contributed by atoms with Crippen molar-refractivity contribution in [3.8, 4) is 11.5 Å². The fraction of sp³-hybridized carbons (Fsp3) is 0.280. The molecule has 16 nitrogen and oxygen atoms in total. The van der Waals surface area contributed by atoms with Crippen molar-refractivity contribution in [1.82, 2.24) is 0 Å². The molecule has 5 rings (SSSR count). The van der Waals surface area contributed by atoms with E-state index in [0.29, 0.717) is 41.7 Å². The molecule has 5 unspecified atom stereocenters. The smallest absolute Gasteiger partial charge is 0.258 e. The van der Waals surface area contributed by atoms with Gasteiger partial charge in [-0.1, -0.05) is 47.5 Å². The molecule has 0 saturated heterocycles. The summed E-state index contributed by atoms with van der Waals surface area (Å²) in [6.45, 7) is 11.8. The van der Waals surface area contributed by atoms with E-state index in [1.54, 1.807) is 71.0 Å². The lowest BCUT2D eigenvalue weighted by Crippen LogP contribution is -2.32. The quantitative estimate of drug-likeness (QED) is 0.0314. The topological polar surface area (TPSA) is 218 Å². The van der Waals surface area contributed by atoms with Crippen molar-refractivity contribution < 1.29 is 38.2 Å². The Labute approximate surface area is 435 Å². The molecule has 372 valence electrons. The average molecular weight is 1070 g/mol. The van der Waals surface area contributed by atoms with E-state index in [0.717, 1.165) is 25.0 Å². The van der Waals surface area contributed by atoms with Crippen molar-refractivity contribution in [3.63, 3.8) is 0 Å². The molecule has 71 heavy (non-hydrogen) atoms. The van der Waals surface area contributed by atoms with Crippen LogP contribution in [0.3, 0.4) is 0 Å². The van der Waals surface area contributed by atoms with Gasteiger partial charge in [0.05, 0.1) is 61.9 Å². The Kier molecular flexibility index (Phi) is 20.0. The van der Waals surface area contributed by atoms with Crippen molar-refractivity contribution in [2.75, 3.05) is 34.5 Å². The molecular weight excluding hydrogens is 1020 g/mol. The van der Waals surface area contributed by atoms with E-state index in [-0.39, 0.29) is 54.7 Å². The molecule has 0 saturated carbocycles. The van der Waals surface area contributed by atoms with Gasteiger partial charge in [0.1, 0.15) is 22.9 Å². The van der Waals surface area contributed by atoms with E-state index in [9.17, 15) is 28.8 Å². The summed E-state index contributed by atoms with van der Waals surface area (Å²) in [7, 11) is 0. The molecule has 0 aromatic heterocycles. The Morgan fingerprint density at radius 2 is 0.972 bits per heavy atom. The van der Waals surface area contributed by atoms with Crippen LogP contribution < -0.4 is 30.7 Å². The van der Waals surface area contributed by atoms with Gasteiger partial charge in [-0.05, 0) is 132 Å². The number of amides is 4. The number of nitrogens with one attached hydrogen (secondary N) is 4. The molecular formula is C50H49Cl5N8O8. The Morgan fingerprint density at radius 1 is 0.535 bits per heavy atom. The van der Waals surface area contributed by atoms with Gasteiger partial charge in [-0.2, -0.15) is 20.5 Å². The van der Waals surface area contributed by atoms with Crippen LogP contribution in [0.25, 0.3) is 0 Å². The maximum atomic E-state index is 13.6. The largest absolute Gasteiger partial charge is 0.492 e. The second kappa shape index (κ2) is 25.6. The van der Waals surface area contributed by atoms with Gasteiger partial charge in [0.15, 0.2) is 11.6 Å². The molecule has 0 aliphatic rings. The van der Waals surface area contributed by atoms with E-state index in [1.807, 2.05) is 0 Å². The van der Waals surface area contributed by atoms with Crippen molar-refractivity contribution >= 4 is 127 Å². The summed E-state index contributed by atoms with van der Waals surface area (Å²) in [5.74, 6) is -3.42. The molecule has 0 aliphatic heterocycles. The van der Waals surface area contributed by atoms with Crippen LogP contribution in [-0.4, -0.2) is 60.5 Å². The number of anilines is 4. The Bertz CT molecular complexity index is 2890. The number of ether oxygens (including phenoxy) is 2. The first-order chi connectivity index (χ1) is 33.7. The van der Waals surface area contributed by atoms with Gasteiger partial charge >= 0.3 is 0 Å². The maximum Gasteiger partial charge on any atom is 0.258 e. The average Bonchev–Trinajstić information content (AvgIpc) is 3.31. The molecule has 5 aromatic rings. The van der Waals surface area contributed by atoms with E-state index >= 15 is 0 Å². The van der Waals surface area contributed by atoms with Gasteiger partial charge in [0.2, 0.25) is 12.1 Å². The molecule has 5 atom stereocenters. The zero-order valence-electron chi connectivity index (χ0n) is 39.4. The van der Waals surface area contributed by atoms with Crippen LogP contribution in [0.1, 0.15) is 102 Å². The SMILES string of the molecule is CCOc1ccc(C(C)Cl)cc1NC(=O)c1cccc(N=NC(C(C)=O)C(=O)Nc2ccc(NC(=O)C(N=Nc3cccc(C(=O)Nc4cc(C(C)Cl)ccc4OCC)c3Cl)C(C)=O)c(C(C)Cl)c2)c1Cl. The summed E-state index contributed by atoms with van der Waals surface area (Å²) in [6.07, 6.45) is 0. The molecule has 21 heteroatoms. The number of benzene rings is 5. The third kappa shape index (κ3) is 14.6. The van der Waals surface area contributed by atoms with Crippen molar-refractivity contribution in [2.24, 2.45) is 20.5 Å². The Balaban J connectivity index is 1.30. The summed E-state index contributed by atoms with van der Waals surface area (Å²) < 4.78 is 11.3. The van der Waals surface area contributed by atoms with Crippen LogP contribution in [0, 0.1) is 0 Å². The van der Waals surface area contributed by atoms with Crippen molar-refractivity contribution in [3.05, 3.63) is 129 Å². The summed E-state index contributed by atoms with van der Waals surface area (Å²) in [4.78, 5) is 79.6. The monoisotopic (exact) mass is 1060 g/mol. The zero-order chi connectivity index (χ0) is 52.1. The number of hydrogen-bond donors (Lipinski definition) is 4. The number of rotatable bonds is 21. The Morgan fingerprint density at radius 3 is 1.37 bits per heavy atom. The number of azo groups is 2. The number of halogens is 5. The van der Waals surface area contributed by atoms with E-state index < -0.39 is 52.7 Å². The number of Topliss-reactive ketones (excluding diaryl/α,β-unsaturated/α-hetero) is 2. The van der Waals surface area contributed by atoms with Gasteiger partial charge in [-0.3, -0.25) is 28.8 Å². The highest BCUT2D eigenvalue weighted by atomic mass is 35.5. The number of ketones is 2. The number of hydrogen-bond acceptors (Lipinski definition) is 12. The zero-order valence-corrected chi connectivity index (χ0v) is 43.2. The van der Waals surface area contributed by atoms with Gasteiger partial charge in [-0.15, -0.1) is 34.8 Å². The minimum Gasteiger partial charge on any atom is -0.492 e. The van der Waals surface area contributed by atoms with Crippen LogP contribution in [0.15, 0.2) is 111 Å². The van der Waals surface area contributed by atoms with Gasteiger partial charge < -0.3 is 30.7 Å². The predicted molar refractivity (Wildman–Crippen MR) is 279 cm³/mol. The van der Waals surface area contributed by atoms with Gasteiger partial charge in [0, 0.05) is 11.4 Å². The molecule has 0 heterocycles.